The number of aromatic nitrogens is 1. The van der Waals surface area contributed by atoms with E-state index in [0.29, 0.717) is 5.75 Å². The van der Waals surface area contributed by atoms with Crippen molar-refractivity contribution in [2.75, 3.05) is 0 Å². The van der Waals surface area contributed by atoms with Crippen molar-refractivity contribution in [1.29, 1.82) is 0 Å². The Balaban J connectivity index is 2.37. The molecule has 17 heavy (non-hydrogen) atoms. The number of halogens is 1. The van der Waals surface area contributed by atoms with Gasteiger partial charge in [-0.1, -0.05) is 29.8 Å². The quantitative estimate of drug-likeness (QED) is 0.849. The summed E-state index contributed by atoms with van der Waals surface area (Å²) in [6, 6.07) is 10.2. The van der Waals surface area contributed by atoms with Crippen molar-refractivity contribution in [1.82, 2.24) is 4.98 Å². The third kappa shape index (κ3) is 2.73. The van der Waals surface area contributed by atoms with Gasteiger partial charge in [-0.3, -0.25) is 0 Å². The number of hydrogen-bond donors (Lipinski definition) is 1. The van der Waals surface area contributed by atoms with Crippen molar-refractivity contribution < 1.29 is 14.6 Å². The molecule has 1 N–H and O–H groups in total. The first-order valence-electron chi connectivity index (χ1n) is 4.78. The number of benzene rings is 1. The molecule has 0 atom stereocenters. The van der Waals surface area contributed by atoms with Gasteiger partial charge < -0.3 is 9.84 Å². The summed E-state index contributed by atoms with van der Waals surface area (Å²) in [5, 5.41) is 9.15. The first-order chi connectivity index (χ1) is 8.16. The molecule has 0 amide bonds. The van der Waals surface area contributed by atoms with Gasteiger partial charge in [0, 0.05) is 12.3 Å². The molecule has 1 heterocycles. The molecular weight excluding hydrogens is 242 g/mol. The number of aromatic carboxylic acids is 1. The number of para-hydroxylation sites is 1. The molecule has 0 unspecified atom stereocenters. The van der Waals surface area contributed by atoms with Gasteiger partial charge in [0.2, 0.25) is 0 Å². The first-order valence-corrected chi connectivity index (χ1v) is 5.16. The number of rotatable bonds is 3. The molecule has 0 aliphatic rings. The molecule has 86 valence electrons. The van der Waals surface area contributed by atoms with Crippen molar-refractivity contribution in [3.05, 3.63) is 53.3 Å². The number of pyridine rings is 1. The monoisotopic (exact) mass is 249 g/mol. The van der Waals surface area contributed by atoms with Crippen molar-refractivity contribution in [3.63, 3.8) is 0 Å². The number of ether oxygens (including phenoxy) is 1. The van der Waals surface area contributed by atoms with Crippen LogP contribution in [-0.4, -0.2) is 16.1 Å². The van der Waals surface area contributed by atoms with Gasteiger partial charge >= 0.3 is 5.97 Å². The highest BCUT2D eigenvalue weighted by Gasteiger charge is 2.13. The normalized spacial score (nSPS) is 9.94. The van der Waals surface area contributed by atoms with Gasteiger partial charge in [-0.15, -0.1) is 0 Å². The Kier molecular flexibility index (Phi) is 3.25. The van der Waals surface area contributed by atoms with E-state index in [9.17, 15) is 4.79 Å². The first kappa shape index (κ1) is 11.4. The van der Waals surface area contributed by atoms with E-state index in [0.717, 1.165) is 0 Å². The average Bonchev–Trinajstić information content (AvgIpc) is 2.30. The molecule has 1 aromatic heterocycles. The van der Waals surface area contributed by atoms with Crippen LogP contribution >= 0.6 is 11.6 Å². The fourth-order valence-electron chi connectivity index (χ4n) is 1.27. The van der Waals surface area contributed by atoms with Crippen LogP contribution in [0.25, 0.3) is 0 Å². The SMILES string of the molecule is O=C(O)c1cnc(Cl)cc1Oc1ccccc1. The van der Waals surface area contributed by atoms with Gasteiger partial charge in [-0.05, 0) is 12.1 Å². The highest BCUT2D eigenvalue weighted by atomic mass is 35.5. The Morgan fingerprint density at radius 2 is 2.00 bits per heavy atom. The zero-order chi connectivity index (χ0) is 12.3. The van der Waals surface area contributed by atoms with E-state index in [1.54, 1.807) is 24.3 Å². The Morgan fingerprint density at radius 3 is 2.65 bits per heavy atom. The maximum absolute atomic E-state index is 11.0. The molecule has 0 spiro atoms. The summed E-state index contributed by atoms with van der Waals surface area (Å²) in [6.07, 6.45) is 1.17. The van der Waals surface area contributed by atoms with E-state index in [1.165, 1.54) is 12.3 Å². The van der Waals surface area contributed by atoms with Crippen LogP contribution in [0.3, 0.4) is 0 Å². The number of nitrogens with zero attached hydrogens (tertiary/aromatic N) is 1. The smallest absolute Gasteiger partial charge is 0.341 e. The summed E-state index contributed by atoms with van der Waals surface area (Å²) in [6.45, 7) is 0. The summed E-state index contributed by atoms with van der Waals surface area (Å²) in [5.74, 6) is -0.402. The Bertz CT molecular complexity index is 543. The van der Waals surface area contributed by atoms with Crippen LogP contribution in [0.15, 0.2) is 42.6 Å². The molecule has 0 radical (unpaired) electrons. The molecular formula is C12H8ClNO3. The van der Waals surface area contributed by atoms with Gasteiger partial charge in [0.15, 0.2) is 0 Å². The maximum Gasteiger partial charge on any atom is 0.341 e. The molecule has 1 aromatic carbocycles. The second kappa shape index (κ2) is 4.84. The van der Waals surface area contributed by atoms with Crippen molar-refractivity contribution in [3.8, 4) is 11.5 Å². The van der Waals surface area contributed by atoms with Crippen LogP contribution in [-0.2, 0) is 0 Å². The Hall–Kier alpha value is -2.07. The van der Waals surface area contributed by atoms with Gasteiger partial charge in [0.1, 0.15) is 22.2 Å². The Labute approximate surface area is 102 Å². The van der Waals surface area contributed by atoms with Crippen LogP contribution in [0, 0.1) is 0 Å². The summed E-state index contributed by atoms with van der Waals surface area (Å²) in [4.78, 5) is 14.7. The lowest BCUT2D eigenvalue weighted by molar-refractivity contribution is 0.0693. The molecule has 0 saturated heterocycles. The Morgan fingerprint density at radius 1 is 1.29 bits per heavy atom. The number of carboxylic acids is 1. The van der Waals surface area contributed by atoms with E-state index in [1.807, 2.05) is 6.07 Å². The van der Waals surface area contributed by atoms with E-state index < -0.39 is 5.97 Å². The summed E-state index contributed by atoms with van der Waals surface area (Å²) < 4.78 is 5.45. The zero-order valence-corrected chi connectivity index (χ0v) is 9.39. The lowest BCUT2D eigenvalue weighted by Crippen LogP contribution is -2.01. The largest absolute Gasteiger partial charge is 0.477 e. The lowest BCUT2D eigenvalue weighted by atomic mass is 10.2. The fourth-order valence-corrected chi connectivity index (χ4v) is 1.42. The van der Waals surface area contributed by atoms with Crippen LogP contribution < -0.4 is 4.74 Å². The molecule has 0 aliphatic carbocycles. The average molecular weight is 250 g/mol. The summed E-state index contributed by atoms with van der Waals surface area (Å²) in [5.41, 5.74) is -0.0294. The topological polar surface area (TPSA) is 59.4 Å². The maximum atomic E-state index is 11.0. The van der Waals surface area contributed by atoms with Gasteiger partial charge in [0.25, 0.3) is 0 Å². The van der Waals surface area contributed by atoms with Crippen molar-refractivity contribution in [2.24, 2.45) is 0 Å². The number of hydrogen-bond acceptors (Lipinski definition) is 3. The van der Waals surface area contributed by atoms with Crippen LogP contribution in [0.1, 0.15) is 10.4 Å². The van der Waals surface area contributed by atoms with E-state index in [4.69, 9.17) is 21.4 Å². The van der Waals surface area contributed by atoms with E-state index in [-0.39, 0.29) is 16.5 Å². The standard InChI is InChI=1S/C12H8ClNO3/c13-11-6-10(9(7-14-11)12(15)16)17-8-4-2-1-3-5-8/h1-7H,(H,15,16). The van der Waals surface area contributed by atoms with Crippen LogP contribution in [0.2, 0.25) is 5.15 Å². The lowest BCUT2D eigenvalue weighted by Gasteiger charge is -2.08. The predicted molar refractivity (Wildman–Crippen MR) is 62.7 cm³/mol. The van der Waals surface area contributed by atoms with Crippen LogP contribution in [0.4, 0.5) is 0 Å². The number of carbonyl (C=O) groups is 1. The third-order valence-electron chi connectivity index (χ3n) is 2.03. The molecule has 0 fully saturated rings. The highest BCUT2D eigenvalue weighted by molar-refractivity contribution is 6.29. The fraction of sp³-hybridized carbons (Fsp3) is 0. The molecule has 4 nitrogen and oxygen atoms in total. The third-order valence-corrected chi connectivity index (χ3v) is 2.24. The van der Waals surface area contributed by atoms with Crippen molar-refractivity contribution >= 4 is 17.6 Å². The zero-order valence-electron chi connectivity index (χ0n) is 8.63. The molecule has 5 heteroatoms. The summed E-state index contributed by atoms with van der Waals surface area (Å²) in [7, 11) is 0. The van der Waals surface area contributed by atoms with E-state index in [2.05, 4.69) is 4.98 Å². The molecule has 0 aliphatic heterocycles. The van der Waals surface area contributed by atoms with Gasteiger partial charge in [-0.2, -0.15) is 0 Å². The number of carboxylic acid groups (broad SMARTS) is 1. The second-order valence-corrected chi connectivity index (χ2v) is 3.61. The minimum atomic E-state index is -1.11. The second-order valence-electron chi connectivity index (χ2n) is 3.22. The van der Waals surface area contributed by atoms with Crippen LogP contribution in [0.5, 0.6) is 11.5 Å². The minimum absolute atomic E-state index is 0.0294. The summed E-state index contributed by atoms with van der Waals surface area (Å²) >= 11 is 5.70. The molecule has 2 aromatic rings. The molecule has 2 rings (SSSR count). The highest BCUT2D eigenvalue weighted by Crippen LogP contribution is 2.26. The van der Waals surface area contributed by atoms with Gasteiger partial charge in [0.05, 0.1) is 0 Å². The predicted octanol–water partition coefficient (Wildman–Crippen LogP) is 3.23. The minimum Gasteiger partial charge on any atom is -0.477 e. The van der Waals surface area contributed by atoms with Gasteiger partial charge in [-0.25, -0.2) is 9.78 Å². The van der Waals surface area contributed by atoms with E-state index >= 15 is 0 Å². The van der Waals surface area contributed by atoms with Crippen molar-refractivity contribution in [2.45, 2.75) is 0 Å². The molecule has 0 saturated carbocycles. The molecule has 0 bridgehead atoms.